The number of rotatable bonds is 12. The highest BCUT2D eigenvalue weighted by Crippen LogP contribution is 2.20. The van der Waals surface area contributed by atoms with Gasteiger partial charge < -0.3 is 31.7 Å². The molecular formula is C32H39N5O4S. The average molecular weight is 590 g/mol. The zero-order valence-electron chi connectivity index (χ0n) is 24.2. The molecule has 42 heavy (non-hydrogen) atoms. The number of carbonyl (C=O) groups excluding carboxylic acids is 2. The highest BCUT2D eigenvalue weighted by molar-refractivity contribution is 7.80. The van der Waals surface area contributed by atoms with Crippen molar-refractivity contribution in [3.05, 3.63) is 90.5 Å². The van der Waals surface area contributed by atoms with Crippen LogP contribution < -0.4 is 21.7 Å². The Labute approximate surface area is 252 Å². The number of thiocarbonyl (C=S) groups is 1. The number of hydrogen-bond acceptors (Lipinski definition) is 4. The summed E-state index contributed by atoms with van der Waals surface area (Å²) in [4.78, 5) is 39.0. The zero-order chi connectivity index (χ0) is 30.7. The van der Waals surface area contributed by atoms with Crippen molar-refractivity contribution in [1.29, 1.82) is 0 Å². The van der Waals surface area contributed by atoms with Gasteiger partial charge in [-0.15, -0.1) is 0 Å². The summed E-state index contributed by atoms with van der Waals surface area (Å²) < 4.78 is 0. The maximum absolute atomic E-state index is 13.5. The summed E-state index contributed by atoms with van der Waals surface area (Å²) in [7, 11) is 0. The molecule has 2 atom stereocenters. The summed E-state index contributed by atoms with van der Waals surface area (Å²) in [6, 6.07) is 25.1. The largest absolute Gasteiger partial charge is 0.465 e. The van der Waals surface area contributed by atoms with Crippen LogP contribution in [0.25, 0.3) is 11.1 Å². The predicted molar refractivity (Wildman–Crippen MR) is 170 cm³/mol. The van der Waals surface area contributed by atoms with Crippen molar-refractivity contribution in [3.63, 3.8) is 0 Å². The topological polar surface area (TPSA) is 137 Å². The third-order valence-electron chi connectivity index (χ3n) is 6.73. The van der Waals surface area contributed by atoms with Crippen molar-refractivity contribution in [3.8, 4) is 11.1 Å². The lowest BCUT2D eigenvalue weighted by Crippen LogP contribution is -2.54. The van der Waals surface area contributed by atoms with E-state index in [1.54, 1.807) is 0 Å². The number of carboxylic acid groups (broad SMARTS) is 1. The van der Waals surface area contributed by atoms with Crippen LogP contribution in [-0.2, 0) is 16.0 Å². The van der Waals surface area contributed by atoms with Crippen molar-refractivity contribution >= 4 is 40.9 Å². The van der Waals surface area contributed by atoms with Gasteiger partial charge in [0.1, 0.15) is 12.1 Å². The van der Waals surface area contributed by atoms with Crippen LogP contribution in [0.1, 0.15) is 39.2 Å². The Bertz CT molecular complexity index is 1340. The standard InChI is InChI=1S/C32H39N5O4S/c1-32(2,3)37(31(40)41)20-10-15-26(36-30(42)34-25-13-8-5-9-14-25)29(39)35-27(28(33)38)21-22-16-18-24(19-17-22)23-11-6-4-7-12-23/h4-9,11-14,16-19,26-27H,10,15,20-21H2,1-3H3,(H2,33,38)(H,35,39)(H,40,41)(H2,34,36,42)/t26-,27-/m0/s1. The summed E-state index contributed by atoms with van der Waals surface area (Å²) in [5.41, 5.74) is 8.78. The van der Waals surface area contributed by atoms with E-state index < -0.39 is 35.5 Å². The lowest BCUT2D eigenvalue weighted by Gasteiger charge is -2.33. The molecule has 0 spiro atoms. The van der Waals surface area contributed by atoms with Crippen LogP contribution in [0.5, 0.6) is 0 Å². The summed E-state index contributed by atoms with van der Waals surface area (Å²) >= 11 is 5.46. The van der Waals surface area contributed by atoms with Crippen LogP contribution in [0.2, 0.25) is 0 Å². The molecule has 0 saturated heterocycles. The molecule has 9 nitrogen and oxygen atoms in total. The normalized spacial score (nSPS) is 12.5. The summed E-state index contributed by atoms with van der Waals surface area (Å²) in [5.74, 6) is -1.13. The Morgan fingerprint density at radius 3 is 1.98 bits per heavy atom. The quantitative estimate of drug-likeness (QED) is 0.192. The number of nitrogens with zero attached hydrogens (tertiary/aromatic N) is 1. The fourth-order valence-electron chi connectivity index (χ4n) is 4.48. The number of nitrogens with two attached hydrogens (primary N) is 1. The van der Waals surface area contributed by atoms with Gasteiger partial charge in [-0.1, -0.05) is 72.8 Å². The third kappa shape index (κ3) is 9.88. The maximum atomic E-state index is 13.5. The van der Waals surface area contributed by atoms with Gasteiger partial charge in [-0.05, 0) is 74.7 Å². The summed E-state index contributed by atoms with van der Waals surface area (Å²) in [6.07, 6.45) is -0.179. The predicted octanol–water partition coefficient (Wildman–Crippen LogP) is 4.78. The van der Waals surface area contributed by atoms with Crippen molar-refractivity contribution in [1.82, 2.24) is 15.5 Å². The van der Waals surface area contributed by atoms with Crippen LogP contribution in [-0.4, -0.2) is 57.2 Å². The van der Waals surface area contributed by atoms with Crippen LogP contribution in [0.3, 0.4) is 0 Å². The molecule has 0 fully saturated rings. The minimum atomic E-state index is -1.04. The van der Waals surface area contributed by atoms with E-state index in [0.29, 0.717) is 6.42 Å². The van der Waals surface area contributed by atoms with E-state index in [2.05, 4.69) is 16.0 Å². The number of hydrogen-bond donors (Lipinski definition) is 5. The molecule has 0 heterocycles. The van der Waals surface area contributed by atoms with Crippen LogP contribution in [0, 0.1) is 0 Å². The Morgan fingerprint density at radius 2 is 1.43 bits per heavy atom. The molecule has 10 heteroatoms. The number of benzene rings is 3. The first-order chi connectivity index (χ1) is 19.9. The van der Waals surface area contributed by atoms with E-state index in [9.17, 15) is 19.5 Å². The van der Waals surface area contributed by atoms with E-state index in [1.807, 2.05) is 106 Å². The molecule has 0 aliphatic rings. The highest BCUT2D eigenvalue weighted by Gasteiger charge is 2.28. The minimum Gasteiger partial charge on any atom is -0.465 e. The molecule has 3 amide bonds. The third-order valence-corrected chi connectivity index (χ3v) is 6.95. The van der Waals surface area contributed by atoms with Crippen molar-refractivity contribution in [2.24, 2.45) is 5.73 Å². The van der Waals surface area contributed by atoms with Gasteiger partial charge in [0.05, 0.1) is 0 Å². The van der Waals surface area contributed by atoms with Crippen LogP contribution in [0.4, 0.5) is 10.5 Å². The Kier molecular flexibility index (Phi) is 11.4. The minimum absolute atomic E-state index is 0.215. The Morgan fingerprint density at radius 1 is 0.857 bits per heavy atom. The van der Waals surface area contributed by atoms with Gasteiger partial charge in [0, 0.05) is 24.2 Å². The molecule has 0 aromatic heterocycles. The molecule has 0 radical (unpaired) electrons. The lowest BCUT2D eigenvalue weighted by molar-refractivity contribution is -0.128. The van der Waals surface area contributed by atoms with Crippen LogP contribution in [0.15, 0.2) is 84.9 Å². The first-order valence-corrected chi connectivity index (χ1v) is 14.2. The van der Waals surface area contributed by atoms with E-state index >= 15 is 0 Å². The molecule has 0 bridgehead atoms. The van der Waals surface area contributed by atoms with Crippen LogP contribution >= 0.6 is 12.2 Å². The van der Waals surface area contributed by atoms with Gasteiger partial charge in [0.25, 0.3) is 0 Å². The number of para-hydroxylation sites is 1. The second-order valence-corrected chi connectivity index (χ2v) is 11.4. The Balaban J connectivity index is 1.71. The smallest absolute Gasteiger partial charge is 0.407 e. The zero-order valence-corrected chi connectivity index (χ0v) is 25.0. The van der Waals surface area contributed by atoms with Gasteiger partial charge in [0.15, 0.2) is 5.11 Å². The number of nitrogens with one attached hydrogen (secondary N) is 3. The van der Waals surface area contributed by atoms with Gasteiger partial charge in [-0.2, -0.15) is 0 Å². The van der Waals surface area contributed by atoms with E-state index in [0.717, 1.165) is 22.4 Å². The molecule has 0 unspecified atom stereocenters. The number of primary amides is 1. The molecule has 3 rings (SSSR count). The highest BCUT2D eigenvalue weighted by atomic mass is 32.1. The van der Waals surface area contributed by atoms with Gasteiger partial charge in [-0.25, -0.2) is 4.79 Å². The molecule has 0 saturated carbocycles. The second-order valence-electron chi connectivity index (χ2n) is 11.0. The number of carbonyl (C=O) groups is 3. The molecule has 3 aromatic rings. The van der Waals surface area contributed by atoms with Gasteiger partial charge >= 0.3 is 6.09 Å². The monoisotopic (exact) mass is 589 g/mol. The fraction of sp³-hybridized carbons (Fsp3) is 0.312. The average Bonchev–Trinajstić information content (AvgIpc) is 2.94. The summed E-state index contributed by atoms with van der Waals surface area (Å²) in [5, 5.41) is 18.7. The lowest BCUT2D eigenvalue weighted by atomic mass is 10.00. The van der Waals surface area contributed by atoms with E-state index in [-0.39, 0.29) is 24.5 Å². The second kappa shape index (κ2) is 15.0. The fourth-order valence-corrected chi connectivity index (χ4v) is 4.74. The molecular weight excluding hydrogens is 550 g/mol. The van der Waals surface area contributed by atoms with Crippen molar-refractivity contribution < 1.29 is 19.5 Å². The molecule has 222 valence electrons. The first-order valence-electron chi connectivity index (χ1n) is 13.8. The molecule has 3 aromatic carbocycles. The number of anilines is 1. The van der Waals surface area contributed by atoms with E-state index in [4.69, 9.17) is 18.0 Å². The summed E-state index contributed by atoms with van der Waals surface area (Å²) in [6.45, 7) is 5.65. The first kappa shape index (κ1) is 32.1. The molecule has 0 aliphatic carbocycles. The maximum Gasteiger partial charge on any atom is 0.407 e. The van der Waals surface area contributed by atoms with Gasteiger partial charge in [0.2, 0.25) is 11.8 Å². The Hall–Kier alpha value is -4.44. The number of amides is 3. The van der Waals surface area contributed by atoms with Gasteiger partial charge in [-0.3, -0.25) is 9.59 Å². The molecule has 0 aliphatic heterocycles. The molecule has 6 N–H and O–H groups in total. The SMILES string of the molecule is CC(C)(C)N(CCC[C@H](NC(=S)Nc1ccccc1)C(=O)N[C@@H](Cc1ccc(-c2ccccc2)cc1)C(N)=O)C(=O)O. The van der Waals surface area contributed by atoms with E-state index in [1.165, 1.54) is 4.90 Å². The van der Waals surface area contributed by atoms with Crippen molar-refractivity contribution in [2.45, 2.75) is 57.7 Å². The van der Waals surface area contributed by atoms with Crippen molar-refractivity contribution in [2.75, 3.05) is 11.9 Å².